The number of ether oxygens (including phenoxy) is 1. The Bertz CT molecular complexity index is 521. The van der Waals surface area contributed by atoms with Crippen molar-refractivity contribution in [2.24, 2.45) is 0 Å². The minimum atomic E-state index is 0.531. The van der Waals surface area contributed by atoms with Crippen LogP contribution in [0.1, 0.15) is 30.9 Å². The Morgan fingerprint density at radius 3 is 2.53 bits per heavy atom. The molecule has 0 spiro atoms. The summed E-state index contributed by atoms with van der Waals surface area (Å²) in [7, 11) is 1.91. The van der Waals surface area contributed by atoms with E-state index < -0.39 is 0 Å². The quantitative estimate of drug-likeness (QED) is 0.885. The van der Waals surface area contributed by atoms with Crippen molar-refractivity contribution >= 4 is 0 Å². The Kier molecular flexibility index (Phi) is 4.53. The predicted molar refractivity (Wildman–Crippen MR) is 77.6 cm³/mol. The molecule has 0 atom stereocenters. The fourth-order valence-corrected chi connectivity index (χ4v) is 1.87. The van der Waals surface area contributed by atoms with E-state index in [4.69, 9.17) is 4.74 Å². The molecule has 0 aliphatic rings. The van der Waals surface area contributed by atoms with Crippen LogP contribution in [0.3, 0.4) is 0 Å². The third-order valence-electron chi connectivity index (χ3n) is 2.98. The van der Waals surface area contributed by atoms with E-state index in [2.05, 4.69) is 36.3 Å². The van der Waals surface area contributed by atoms with Crippen LogP contribution in [0.5, 0.6) is 11.6 Å². The molecule has 1 aromatic heterocycles. The van der Waals surface area contributed by atoms with Crippen LogP contribution >= 0.6 is 0 Å². The summed E-state index contributed by atoms with van der Waals surface area (Å²) in [4.78, 5) is 4.29. The molecule has 1 heterocycles. The molecule has 0 saturated heterocycles. The summed E-state index contributed by atoms with van der Waals surface area (Å²) >= 11 is 0. The first-order valence-corrected chi connectivity index (χ1v) is 6.57. The lowest BCUT2D eigenvalue weighted by molar-refractivity contribution is 0.454. The van der Waals surface area contributed by atoms with E-state index in [0.717, 1.165) is 17.9 Å². The smallest absolute Gasteiger partial charge is 0.223 e. The molecular formula is C16H20N2O. The van der Waals surface area contributed by atoms with Gasteiger partial charge in [0, 0.05) is 18.3 Å². The maximum absolute atomic E-state index is 5.85. The zero-order valence-electron chi connectivity index (χ0n) is 11.7. The van der Waals surface area contributed by atoms with Crippen LogP contribution < -0.4 is 10.1 Å². The van der Waals surface area contributed by atoms with Crippen molar-refractivity contribution in [3.8, 4) is 11.6 Å². The SMILES string of the molecule is CNCc1cccnc1Oc1ccc(C(C)C)cc1. The van der Waals surface area contributed by atoms with Gasteiger partial charge in [0.15, 0.2) is 0 Å². The largest absolute Gasteiger partial charge is 0.439 e. The number of hydrogen-bond acceptors (Lipinski definition) is 3. The zero-order valence-corrected chi connectivity index (χ0v) is 11.7. The molecule has 1 aromatic carbocycles. The first kappa shape index (κ1) is 13.6. The van der Waals surface area contributed by atoms with Crippen molar-refractivity contribution in [2.45, 2.75) is 26.3 Å². The average Bonchev–Trinajstić information content (AvgIpc) is 2.42. The molecule has 0 aliphatic heterocycles. The van der Waals surface area contributed by atoms with Gasteiger partial charge in [-0.25, -0.2) is 4.98 Å². The molecule has 3 nitrogen and oxygen atoms in total. The van der Waals surface area contributed by atoms with Crippen molar-refractivity contribution < 1.29 is 4.74 Å². The first-order valence-electron chi connectivity index (χ1n) is 6.57. The van der Waals surface area contributed by atoms with Crippen LogP contribution in [0.2, 0.25) is 0 Å². The number of rotatable bonds is 5. The Balaban J connectivity index is 2.16. The highest BCUT2D eigenvalue weighted by molar-refractivity contribution is 5.34. The summed E-state index contributed by atoms with van der Waals surface area (Å²) < 4.78 is 5.85. The van der Waals surface area contributed by atoms with Crippen molar-refractivity contribution in [1.29, 1.82) is 0 Å². The Morgan fingerprint density at radius 2 is 1.89 bits per heavy atom. The first-order chi connectivity index (χ1) is 9.20. The van der Waals surface area contributed by atoms with E-state index in [0.29, 0.717) is 11.8 Å². The molecule has 19 heavy (non-hydrogen) atoms. The minimum Gasteiger partial charge on any atom is -0.439 e. The zero-order chi connectivity index (χ0) is 13.7. The third kappa shape index (κ3) is 3.55. The maximum atomic E-state index is 5.85. The number of aromatic nitrogens is 1. The standard InChI is InChI=1S/C16H20N2O/c1-12(2)13-6-8-15(9-7-13)19-16-14(11-17-3)5-4-10-18-16/h4-10,12,17H,11H2,1-3H3. The molecule has 0 amide bonds. The summed E-state index contributed by atoms with van der Waals surface area (Å²) in [5, 5.41) is 3.11. The molecule has 0 radical (unpaired) electrons. The van der Waals surface area contributed by atoms with Crippen LogP contribution in [0, 0.1) is 0 Å². The molecule has 1 N–H and O–H groups in total. The molecular weight excluding hydrogens is 236 g/mol. The summed E-state index contributed by atoms with van der Waals surface area (Å²) in [6, 6.07) is 12.1. The lowest BCUT2D eigenvalue weighted by atomic mass is 10.0. The molecule has 0 fully saturated rings. The van der Waals surface area contributed by atoms with Gasteiger partial charge >= 0.3 is 0 Å². The maximum Gasteiger partial charge on any atom is 0.223 e. The normalized spacial score (nSPS) is 10.7. The number of nitrogens with one attached hydrogen (secondary N) is 1. The van der Waals surface area contributed by atoms with E-state index in [1.165, 1.54) is 5.56 Å². The molecule has 0 aliphatic carbocycles. The Labute approximate surface area is 114 Å². The van der Waals surface area contributed by atoms with E-state index in [1.54, 1.807) is 6.20 Å². The topological polar surface area (TPSA) is 34.2 Å². The average molecular weight is 256 g/mol. The van der Waals surface area contributed by atoms with E-state index in [9.17, 15) is 0 Å². The molecule has 2 rings (SSSR count). The highest BCUT2D eigenvalue weighted by atomic mass is 16.5. The van der Waals surface area contributed by atoms with Gasteiger partial charge in [-0.05, 0) is 36.7 Å². The van der Waals surface area contributed by atoms with Gasteiger partial charge in [-0.2, -0.15) is 0 Å². The third-order valence-corrected chi connectivity index (χ3v) is 2.98. The van der Waals surface area contributed by atoms with Gasteiger partial charge in [-0.15, -0.1) is 0 Å². The highest BCUT2D eigenvalue weighted by Crippen LogP contribution is 2.24. The van der Waals surface area contributed by atoms with Gasteiger partial charge in [0.25, 0.3) is 0 Å². The van der Waals surface area contributed by atoms with E-state index in [1.807, 2.05) is 31.3 Å². The second kappa shape index (κ2) is 6.34. The Morgan fingerprint density at radius 1 is 1.16 bits per heavy atom. The lowest BCUT2D eigenvalue weighted by Gasteiger charge is -2.10. The second-order valence-corrected chi connectivity index (χ2v) is 4.82. The van der Waals surface area contributed by atoms with Gasteiger partial charge < -0.3 is 10.1 Å². The van der Waals surface area contributed by atoms with Gasteiger partial charge in [0.2, 0.25) is 5.88 Å². The van der Waals surface area contributed by atoms with Crippen molar-refractivity contribution in [3.05, 3.63) is 53.7 Å². The van der Waals surface area contributed by atoms with Crippen LogP contribution in [0.15, 0.2) is 42.6 Å². The van der Waals surface area contributed by atoms with Gasteiger partial charge in [-0.1, -0.05) is 32.0 Å². The minimum absolute atomic E-state index is 0.531. The summed E-state index contributed by atoms with van der Waals surface area (Å²) in [6.45, 7) is 5.10. The summed E-state index contributed by atoms with van der Waals surface area (Å²) in [6.07, 6.45) is 1.75. The molecule has 0 unspecified atom stereocenters. The van der Waals surface area contributed by atoms with Gasteiger partial charge in [-0.3, -0.25) is 0 Å². The van der Waals surface area contributed by atoms with Crippen molar-refractivity contribution in [1.82, 2.24) is 10.3 Å². The number of benzene rings is 1. The van der Waals surface area contributed by atoms with Crippen LogP contribution in [-0.2, 0) is 6.54 Å². The molecule has 2 aromatic rings. The number of pyridine rings is 1. The van der Waals surface area contributed by atoms with Crippen LogP contribution in [0.25, 0.3) is 0 Å². The van der Waals surface area contributed by atoms with Gasteiger partial charge in [0.1, 0.15) is 5.75 Å². The molecule has 0 saturated carbocycles. The molecule has 100 valence electrons. The predicted octanol–water partition coefficient (Wildman–Crippen LogP) is 3.72. The second-order valence-electron chi connectivity index (χ2n) is 4.82. The monoisotopic (exact) mass is 256 g/mol. The van der Waals surface area contributed by atoms with Crippen molar-refractivity contribution in [2.75, 3.05) is 7.05 Å². The van der Waals surface area contributed by atoms with E-state index >= 15 is 0 Å². The van der Waals surface area contributed by atoms with Gasteiger partial charge in [0.05, 0.1) is 0 Å². The van der Waals surface area contributed by atoms with Crippen LogP contribution in [0.4, 0.5) is 0 Å². The summed E-state index contributed by atoms with van der Waals surface area (Å²) in [5.41, 5.74) is 2.36. The Hall–Kier alpha value is -1.87. The fraction of sp³-hybridized carbons (Fsp3) is 0.312. The summed E-state index contributed by atoms with van der Waals surface area (Å²) in [5.74, 6) is 2.01. The number of hydrogen-bond donors (Lipinski definition) is 1. The molecule has 3 heteroatoms. The van der Waals surface area contributed by atoms with Crippen LogP contribution in [-0.4, -0.2) is 12.0 Å². The lowest BCUT2D eigenvalue weighted by Crippen LogP contribution is -2.07. The molecule has 0 bridgehead atoms. The fourth-order valence-electron chi connectivity index (χ4n) is 1.87. The highest BCUT2D eigenvalue weighted by Gasteiger charge is 2.06. The van der Waals surface area contributed by atoms with Crippen molar-refractivity contribution in [3.63, 3.8) is 0 Å². The van der Waals surface area contributed by atoms with E-state index in [-0.39, 0.29) is 0 Å². The number of nitrogens with zero attached hydrogens (tertiary/aromatic N) is 1.